The van der Waals surface area contributed by atoms with Crippen LogP contribution < -0.4 is 0 Å². The minimum Gasteiger partial charge on any atom is -0.445 e. The predicted molar refractivity (Wildman–Crippen MR) is 91.9 cm³/mol. The van der Waals surface area contributed by atoms with Crippen molar-refractivity contribution in [1.82, 2.24) is 0 Å². The van der Waals surface area contributed by atoms with Crippen molar-refractivity contribution < 1.29 is 29.5 Å². The van der Waals surface area contributed by atoms with Crippen LogP contribution in [-0.4, -0.2) is 62.3 Å². The highest BCUT2D eigenvalue weighted by Gasteiger charge is 2.47. The molecule has 1 aliphatic rings. The lowest BCUT2D eigenvalue weighted by Gasteiger charge is -2.41. The van der Waals surface area contributed by atoms with Gasteiger partial charge in [-0.2, -0.15) is 0 Å². The Balaban J connectivity index is 2.13. The first-order chi connectivity index (χ1) is 11.7. The number of alkyl halides is 3. The molecule has 1 aromatic carbocycles. The largest absolute Gasteiger partial charge is 0.445 e. The third kappa shape index (κ3) is 5.42. The number of nitrogens with one attached hydrogen (secondary N) is 1. The summed E-state index contributed by atoms with van der Waals surface area (Å²) >= 11 is 16.7. The molecule has 0 unspecified atom stereocenters. The molecular formula is C15H18Cl3NO6. The van der Waals surface area contributed by atoms with Crippen molar-refractivity contribution in [3.8, 4) is 0 Å². The van der Waals surface area contributed by atoms with E-state index in [0.29, 0.717) is 0 Å². The molecule has 140 valence electrons. The zero-order chi connectivity index (χ0) is 18.6. The van der Waals surface area contributed by atoms with E-state index in [4.69, 9.17) is 54.4 Å². The van der Waals surface area contributed by atoms with Crippen LogP contribution in [0, 0.1) is 5.41 Å². The van der Waals surface area contributed by atoms with Gasteiger partial charge in [-0.1, -0.05) is 65.1 Å². The summed E-state index contributed by atoms with van der Waals surface area (Å²) in [6.45, 7) is -0.492. The molecule has 1 aromatic rings. The normalized spacial score (nSPS) is 30.1. The Hall–Kier alpha value is -0.640. The molecule has 1 aliphatic heterocycles. The second-order valence-corrected chi connectivity index (χ2v) is 7.69. The van der Waals surface area contributed by atoms with Gasteiger partial charge < -0.3 is 29.5 Å². The number of hydrogen-bond donors (Lipinski definition) is 4. The van der Waals surface area contributed by atoms with Gasteiger partial charge in [0.2, 0.25) is 12.2 Å². The molecule has 10 heteroatoms. The maximum Gasteiger partial charge on any atom is 0.265 e. The third-order valence-corrected chi connectivity index (χ3v) is 4.12. The SMILES string of the molecule is N=C(O[C@H]1O[C@H](CO)[C@H](O)[C@H](O)[C@H]1OCc1ccccc1)C(Cl)(Cl)Cl. The van der Waals surface area contributed by atoms with Crippen LogP contribution in [0.5, 0.6) is 0 Å². The van der Waals surface area contributed by atoms with E-state index in [0.717, 1.165) is 5.56 Å². The highest BCUT2D eigenvalue weighted by molar-refractivity contribution is 6.76. The second-order valence-electron chi connectivity index (χ2n) is 5.41. The van der Waals surface area contributed by atoms with Crippen molar-refractivity contribution >= 4 is 40.7 Å². The molecule has 7 nitrogen and oxygen atoms in total. The van der Waals surface area contributed by atoms with E-state index in [-0.39, 0.29) is 6.61 Å². The van der Waals surface area contributed by atoms with Crippen LogP contribution in [0.3, 0.4) is 0 Å². The summed E-state index contributed by atoms with van der Waals surface area (Å²) in [4.78, 5) is 0. The Bertz CT molecular complexity index is 570. The van der Waals surface area contributed by atoms with Crippen molar-refractivity contribution in [3.63, 3.8) is 0 Å². The molecule has 25 heavy (non-hydrogen) atoms. The van der Waals surface area contributed by atoms with Crippen molar-refractivity contribution in [2.24, 2.45) is 0 Å². The van der Waals surface area contributed by atoms with E-state index < -0.39 is 47.0 Å². The van der Waals surface area contributed by atoms with Crippen LogP contribution in [0.15, 0.2) is 30.3 Å². The minimum atomic E-state index is -2.14. The maximum absolute atomic E-state index is 10.3. The highest BCUT2D eigenvalue weighted by Crippen LogP contribution is 2.31. The molecule has 0 aromatic heterocycles. The summed E-state index contributed by atoms with van der Waals surface area (Å²) < 4.78 is 14.0. The van der Waals surface area contributed by atoms with Crippen LogP contribution in [0.4, 0.5) is 0 Å². The summed E-state index contributed by atoms with van der Waals surface area (Å²) in [6.07, 6.45) is -6.52. The average molecular weight is 415 g/mol. The number of ether oxygens (including phenoxy) is 3. The molecule has 0 saturated carbocycles. The van der Waals surface area contributed by atoms with Gasteiger partial charge in [0.1, 0.15) is 24.4 Å². The Morgan fingerprint density at radius 3 is 2.36 bits per heavy atom. The number of aliphatic hydroxyl groups is 3. The molecule has 4 N–H and O–H groups in total. The number of hydrogen-bond acceptors (Lipinski definition) is 7. The van der Waals surface area contributed by atoms with E-state index in [2.05, 4.69) is 0 Å². The topological polar surface area (TPSA) is 112 Å². The van der Waals surface area contributed by atoms with E-state index >= 15 is 0 Å². The summed E-state index contributed by atoms with van der Waals surface area (Å²) in [6, 6.07) is 9.08. The lowest BCUT2D eigenvalue weighted by atomic mass is 9.99. The van der Waals surface area contributed by atoms with Gasteiger partial charge in [-0.3, -0.25) is 5.41 Å². The van der Waals surface area contributed by atoms with Gasteiger partial charge in [-0.25, -0.2) is 0 Å². The van der Waals surface area contributed by atoms with Crippen LogP contribution in [0.25, 0.3) is 0 Å². The molecule has 1 heterocycles. The van der Waals surface area contributed by atoms with Crippen molar-refractivity contribution in [2.45, 2.75) is 41.1 Å². The van der Waals surface area contributed by atoms with Gasteiger partial charge in [-0.15, -0.1) is 0 Å². The number of benzene rings is 1. The maximum atomic E-state index is 10.3. The summed E-state index contributed by atoms with van der Waals surface area (Å²) in [5.74, 6) is -0.740. The second kappa shape index (κ2) is 8.83. The molecular weight excluding hydrogens is 397 g/mol. The summed E-state index contributed by atoms with van der Waals surface area (Å²) in [7, 11) is 0. The van der Waals surface area contributed by atoms with Gasteiger partial charge in [0, 0.05) is 0 Å². The Morgan fingerprint density at radius 2 is 1.80 bits per heavy atom. The van der Waals surface area contributed by atoms with Crippen molar-refractivity contribution in [2.75, 3.05) is 6.61 Å². The molecule has 0 bridgehead atoms. The first-order valence-corrected chi connectivity index (χ1v) is 8.47. The number of halogens is 3. The van der Waals surface area contributed by atoms with Gasteiger partial charge in [0.25, 0.3) is 3.79 Å². The van der Waals surface area contributed by atoms with Crippen LogP contribution in [0.1, 0.15) is 5.56 Å². The van der Waals surface area contributed by atoms with E-state index in [9.17, 15) is 15.3 Å². The lowest BCUT2D eigenvalue weighted by molar-refractivity contribution is -0.293. The van der Waals surface area contributed by atoms with Gasteiger partial charge in [0.05, 0.1) is 13.2 Å². The lowest BCUT2D eigenvalue weighted by Crippen LogP contribution is -2.60. The highest BCUT2D eigenvalue weighted by atomic mass is 35.6. The first-order valence-electron chi connectivity index (χ1n) is 7.34. The first kappa shape index (κ1) is 20.7. The summed E-state index contributed by atoms with van der Waals surface area (Å²) in [5, 5.41) is 37.2. The van der Waals surface area contributed by atoms with Crippen molar-refractivity contribution in [3.05, 3.63) is 35.9 Å². The number of aliphatic hydroxyl groups excluding tert-OH is 3. The number of rotatable bonds is 5. The van der Waals surface area contributed by atoms with E-state index in [1.165, 1.54) is 0 Å². The standard InChI is InChI=1S/C15H18Cl3NO6/c16-15(17,18)14(19)25-13-12(11(22)10(21)9(6-20)24-13)23-7-8-4-2-1-3-5-8/h1-5,9-13,19-22H,6-7H2/t9-,10+,11+,12-,13-/m1/s1. The monoisotopic (exact) mass is 413 g/mol. The molecule has 1 fully saturated rings. The Morgan fingerprint density at radius 1 is 1.16 bits per heavy atom. The van der Waals surface area contributed by atoms with E-state index in [1.807, 2.05) is 30.3 Å². The van der Waals surface area contributed by atoms with Crippen LogP contribution >= 0.6 is 34.8 Å². The summed E-state index contributed by atoms with van der Waals surface area (Å²) in [5.41, 5.74) is 0.809. The molecule has 2 rings (SSSR count). The molecule has 0 amide bonds. The fraction of sp³-hybridized carbons (Fsp3) is 0.533. The fourth-order valence-corrected chi connectivity index (χ4v) is 2.41. The molecule has 1 saturated heterocycles. The average Bonchev–Trinajstić information content (AvgIpc) is 2.57. The van der Waals surface area contributed by atoms with Gasteiger partial charge in [0.15, 0.2) is 0 Å². The predicted octanol–water partition coefficient (Wildman–Crippen LogP) is 1.37. The molecule has 5 atom stereocenters. The quantitative estimate of drug-likeness (QED) is 0.329. The Kier molecular flexibility index (Phi) is 7.30. The minimum absolute atomic E-state index is 0.0867. The smallest absolute Gasteiger partial charge is 0.265 e. The Labute approximate surface area is 159 Å². The van der Waals surface area contributed by atoms with Crippen molar-refractivity contribution in [1.29, 1.82) is 5.41 Å². The molecule has 0 spiro atoms. The third-order valence-electron chi connectivity index (χ3n) is 3.60. The molecule has 0 radical (unpaired) electrons. The van der Waals surface area contributed by atoms with Gasteiger partial charge >= 0.3 is 0 Å². The van der Waals surface area contributed by atoms with Crippen LogP contribution in [-0.2, 0) is 20.8 Å². The van der Waals surface area contributed by atoms with E-state index in [1.54, 1.807) is 0 Å². The van der Waals surface area contributed by atoms with Gasteiger partial charge in [-0.05, 0) is 5.56 Å². The zero-order valence-corrected chi connectivity index (χ0v) is 15.2. The zero-order valence-electron chi connectivity index (χ0n) is 12.9. The van der Waals surface area contributed by atoms with Crippen LogP contribution in [0.2, 0.25) is 0 Å². The molecule has 0 aliphatic carbocycles. The fourth-order valence-electron chi connectivity index (χ4n) is 2.28.